The van der Waals surface area contributed by atoms with Crippen molar-refractivity contribution in [3.63, 3.8) is 0 Å². The molecule has 11 heavy (non-hydrogen) atoms. The van der Waals surface area contributed by atoms with E-state index in [0.717, 1.165) is 9.99 Å². The van der Waals surface area contributed by atoms with Crippen LogP contribution in [0.2, 0.25) is 0 Å². The van der Waals surface area contributed by atoms with Crippen LogP contribution >= 0.6 is 22.6 Å². The van der Waals surface area contributed by atoms with Gasteiger partial charge in [0.2, 0.25) is 5.91 Å². The van der Waals surface area contributed by atoms with Crippen LogP contribution in [0.5, 0.6) is 0 Å². The Morgan fingerprint density at radius 1 is 1.45 bits per heavy atom. The Morgan fingerprint density at radius 2 is 2.09 bits per heavy atom. The number of hydrogen-bond donors (Lipinski definition) is 1. The van der Waals surface area contributed by atoms with E-state index in [1.54, 1.807) is 6.07 Å². The normalized spacial score (nSPS) is 9.55. The van der Waals surface area contributed by atoms with Crippen LogP contribution in [0.15, 0.2) is 24.3 Å². The van der Waals surface area contributed by atoms with E-state index in [1.165, 1.54) is 0 Å². The Kier molecular flexibility index (Phi) is 2.87. The highest BCUT2D eigenvalue weighted by Gasteiger charge is 2.03. The van der Waals surface area contributed by atoms with Crippen LogP contribution < -0.4 is 5.73 Å². The number of rotatable bonds is 2. The van der Waals surface area contributed by atoms with Gasteiger partial charge in [-0.05, 0) is 11.6 Å². The summed E-state index contributed by atoms with van der Waals surface area (Å²) in [4.78, 5) is 10.8. The molecule has 0 heterocycles. The third-order valence-electron chi connectivity index (χ3n) is 1.43. The molecule has 1 amide bonds. The van der Waals surface area contributed by atoms with Crippen molar-refractivity contribution in [1.82, 2.24) is 0 Å². The zero-order valence-corrected chi connectivity index (χ0v) is 8.04. The monoisotopic (exact) mass is 261 g/mol. The Labute approximate surface area is 78.9 Å². The van der Waals surface area contributed by atoms with Crippen LogP contribution in [0.4, 0.5) is 0 Å². The minimum absolute atomic E-state index is 0.350. The molecule has 1 aromatic rings. The summed E-state index contributed by atoms with van der Waals surface area (Å²) in [7, 11) is 0. The molecule has 0 aliphatic rings. The van der Waals surface area contributed by atoms with Gasteiger partial charge in [0.1, 0.15) is 0 Å². The summed E-state index contributed by atoms with van der Waals surface area (Å²) in [6.07, 6.45) is 0. The minimum atomic E-state index is -0.350. The van der Waals surface area contributed by atoms with E-state index in [4.69, 9.17) is 5.73 Å². The van der Waals surface area contributed by atoms with Crippen molar-refractivity contribution in [3.8, 4) is 0 Å². The third kappa shape index (κ3) is 1.92. The quantitative estimate of drug-likeness (QED) is 0.639. The summed E-state index contributed by atoms with van der Waals surface area (Å²) in [5, 5.41) is 0. The molecule has 1 aromatic carbocycles. The second kappa shape index (κ2) is 3.71. The molecule has 0 aliphatic heterocycles. The summed E-state index contributed by atoms with van der Waals surface area (Å²) < 4.78 is 0.816. The van der Waals surface area contributed by atoms with Gasteiger partial charge in [-0.1, -0.05) is 40.8 Å². The molecule has 3 heteroatoms. The van der Waals surface area contributed by atoms with Crippen molar-refractivity contribution in [3.05, 3.63) is 35.4 Å². The number of primary amides is 1. The Bertz CT molecular complexity index is 273. The summed E-state index contributed by atoms with van der Waals surface area (Å²) in [6.45, 7) is 0. The zero-order valence-electron chi connectivity index (χ0n) is 5.88. The van der Waals surface area contributed by atoms with Gasteiger partial charge < -0.3 is 5.73 Å². The third-order valence-corrected chi connectivity index (χ3v) is 2.25. The number of carbonyl (C=O) groups is 1. The van der Waals surface area contributed by atoms with Gasteiger partial charge in [0.05, 0.1) is 0 Å². The van der Waals surface area contributed by atoms with Gasteiger partial charge in [0.25, 0.3) is 0 Å². The van der Waals surface area contributed by atoms with Crippen molar-refractivity contribution >= 4 is 28.5 Å². The van der Waals surface area contributed by atoms with Crippen LogP contribution in [0.3, 0.4) is 0 Å². The second-order valence-corrected chi connectivity index (χ2v) is 2.92. The molecule has 0 aromatic heterocycles. The second-order valence-electron chi connectivity index (χ2n) is 2.16. The molecule has 0 saturated carbocycles. The van der Waals surface area contributed by atoms with Gasteiger partial charge >= 0.3 is 0 Å². The first-order chi connectivity index (χ1) is 5.25. The largest absolute Gasteiger partial charge is 0.366 e. The number of benzene rings is 1. The molecule has 2 N–H and O–H groups in total. The fourth-order valence-corrected chi connectivity index (χ4v) is 1.54. The molecule has 2 nitrogen and oxygen atoms in total. The van der Waals surface area contributed by atoms with Gasteiger partial charge in [-0.25, -0.2) is 0 Å². The lowest BCUT2D eigenvalue weighted by Gasteiger charge is -2.00. The number of nitrogens with two attached hydrogens (primary N) is 1. The van der Waals surface area contributed by atoms with Gasteiger partial charge in [0, 0.05) is 9.99 Å². The lowest BCUT2D eigenvalue weighted by atomic mass is 10.1. The van der Waals surface area contributed by atoms with Crippen molar-refractivity contribution in [2.24, 2.45) is 5.73 Å². The maximum atomic E-state index is 10.8. The Morgan fingerprint density at radius 3 is 2.55 bits per heavy atom. The number of halogens is 1. The number of hydrogen-bond acceptors (Lipinski definition) is 1. The molecular formula is C8H8INO. The van der Waals surface area contributed by atoms with Crippen LogP contribution in [0.1, 0.15) is 15.9 Å². The van der Waals surface area contributed by atoms with Crippen molar-refractivity contribution in [1.29, 1.82) is 0 Å². The lowest BCUT2D eigenvalue weighted by Crippen LogP contribution is -2.12. The summed E-state index contributed by atoms with van der Waals surface area (Å²) in [6, 6.07) is 7.37. The molecule has 58 valence electrons. The first-order valence-electron chi connectivity index (χ1n) is 3.19. The molecule has 0 bridgehead atoms. The van der Waals surface area contributed by atoms with Crippen LogP contribution in [-0.2, 0) is 4.43 Å². The molecule has 0 fully saturated rings. The fraction of sp³-hybridized carbons (Fsp3) is 0.125. The van der Waals surface area contributed by atoms with Gasteiger partial charge in [0.15, 0.2) is 0 Å². The van der Waals surface area contributed by atoms with Crippen molar-refractivity contribution in [2.45, 2.75) is 4.43 Å². The van der Waals surface area contributed by atoms with E-state index in [9.17, 15) is 4.79 Å². The fourth-order valence-electron chi connectivity index (χ4n) is 0.877. The summed E-state index contributed by atoms with van der Waals surface area (Å²) >= 11 is 2.20. The SMILES string of the molecule is NC(=O)c1ccccc1CI. The average Bonchev–Trinajstić information content (AvgIpc) is 2.04. The standard InChI is InChI=1S/C8H8INO/c9-5-6-3-1-2-4-7(6)8(10)11/h1-4H,5H2,(H2,10,11). The predicted octanol–water partition coefficient (Wildman–Crippen LogP) is 1.72. The van der Waals surface area contributed by atoms with Gasteiger partial charge in [-0.3, -0.25) is 4.79 Å². The molecular weight excluding hydrogens is 253 g/mol. The maximum Gasteiger partial charge on any atom is 0.249 e. The van der Waals surface area contributed by atoms with E-state index < -0.39 is 0 Å². The molecule has 0 unspecified atom stereocenters. The molecule has 0 atom stereocenters. The minimum Gasteiger partial charge on any atom is -0.366 e. The predicted molar refractivity (Wildman–Crippen MR) is 52.7 cm³/mol. The number of carbonyl (C=O) groups excluding carboxylic acids is 1. The maximum absolute atomic E-state index is 10.8. The van der Waals surface area contributed by atoms with E-state index in [0.29, 0.717) is 5.56 Å². The molecule has 0 radical (unpaired) electrons. The molecule has 1 rings (SSSR count). The van der Waals surface area contributed by atoms with Crippen LogP contribution in [0, 0.1) is 0 Å². The average molecular weight is 261 g/mol. The Balaban J connectivity index is 3.12. The number of amides is 1. The molecule has 0 saturated heterocycles. The van der Waals surface area contributed by atoms with Crippen molar-refractivity contribution < 1.29 is 4.79 Å². The van der Waals surface area contributed by atoms with E-state index in [-0.39, 0.29) is 5.91 Å². The highest BCUT2D eigenvalue weighted by atomic mass is 127. The zero-order chi connectivity index (χ0) is 8.27. The number of alkyl halides is 1. The van der Waals surface area contributed by atoms with E-state index in [1.807, 2.05) is 18.2 Å². The summed E-state index contributed by atoms with van der Waals surface area (Å²) in [5.74, 6) is -0.350. The highest BCUT2D eigenvalue weighted by molar-refractivity contribution is 14.1. The first-order valence-corrected chi connectivity index (χ1v) is 4.72. The lowest BCUT2D eigenvalue weighted by molar-refractivity contribution is 0.0999. The Hall–Kier alpha value is -0.580. The molecule has 0 spiro atoms. The summed E-state index contributed by atoms with van der Waals surface area (Å²) in [5.41, 5.74) is 6.78. The van der Waals surface area contributed by atoms with E-state index in [2.05, 4.69) is 22.6 Å². The van der Waals surface area contributed by atoms with Crippen LogP contribution in [0.25, 0.3) is 0 Å². The van der Waals surface area contributed by atoms with Gasteiger partial charge in [-0.15, -0.1) is 0 Å². The van der Waals surface area contributed by atoms with Gasteiger partial charge in [-0.2, -0.15) is 0 Å². The highest BCUT2D eigenvalue weighted by Crippen LogP contribution is 2.11. The van der Waals surface area contributed by atoms with Crippen LogP contribution in [-0.4, -0.2) is 5.91 Å². The topological polar surface area (TPSA) is 43.1 Å². The first kappa shape index (κ1) is 8.52. The molecule has 0 aliphatic carbocycles. The van der Waals surface area contributed by atoms with E-state index >= 15 is 0 Å². The van der Waals surface area contributed by atoms with Crippen molar-refractivity contribution in [2.75, 3.05) is 0 Å². The smallest absolute Gasteiger partial charge is 0.249 e.